The lowest BCUT2D eigenvalue weighted by atomic mass is 10.1. The Labute approximate surface area is 134 Å². The standard InChI is InChI=1S/C15H22N2O6/c1-21-8-4-5-15(18)16-7-6-11-9-13(22-2)14(23-3)10-12(11)17(19)20/h9-10H,4-8H2,1-3H3,(H,16,18). The third-order valence-electron chi connectivity index (χ3n) is 3.25. The van der Waals surface area contributed by atoms with Crippen LogP contribution in [0, 0.1) is 10.1 Å². The van der Waals surface area contributed by atoms with E-state index in [4.69, 9.17) is 14.2 Å². The SMILES string of the molecule is COCCCC(=O)NCCc1cc(OC)c(OC)cc1[N+](=O)[O-]. The minimum absolute atomic E-state index is 0.0590. The molecule has 0 aliphatic carbocycles. The number of ether oxygens (including phenoxy) is 3. The number of nitro groups is 1. The molecule has 0 atom stereocenters. The lowest BCUT2D eigenvalue weighted by Gasteiger charge is -2.11. The fourth-order valence-corrected chi connectivity index (χ4v) is 2.08. The third kappa shape index (κ3) is 5.74. The van der Waals surface area contributed by atoms with E-state index >= 15 is 0 Å². The minimum atomic E-state index is -0.475. The maximum absolute atomic E-state index is 11.6. The molecule has 0 aliphatic heterocycles. The summed E-state index contributed by atoms with van der Waals surface area (Å²) in [7, 11) is 4.46. The average molecular weight is 326 g/mol. The lowest BCUT2D eigenvalue weighted by Crippen LogP contribution is -2.25. The molecule has 0 aromatic heterocycles. The Kier molecular flexibility index (Phi) is 7.82. The zero-order valence-electron chi connectivity index (χ0n) is 13.6. The number of carbonyl (C=O) groups is 1. The summed E-state index contributed by atoms with van der Waals surface area (Å²) in [6.45, 7) is 0.830. The van der Waals surface area contributed by atoms with Gasteiger partial charge in [0.1, 0.15) is 0 Å². The molecule has 0 saturated heterocycles. The summed E-state index contributed by atoms with van der Waals surface area (Å²) >= 11 is 0. The van der Waals surface area contributed by atoms with Crippen molar-refractivity contribution in [1.29, 1.82) is 0 Å². The molecule has 128 valence electrons. The van der Waals surface area contributed by atoms with E-state index in [1.807, 2.05) is 0 Å². The molecule has 0 spiro atoms. The molecule has 8 nitrogen and oxygen atoms in total. The van der Waals surface area contributed by atoms with Crippen LogP contribution >= 0.6 is 0 Å². The summed E-state index contributed by atoms with van der Waals surface area (Å²) in [5, 5.41) is 13.9. The first kappa shape index (κ1) is 18.7. The topological polar surface area (TPSA) is 99.9 Å². The Morgan fingerprint density at radius 1 is 1.22 bits per heavy atom. The van der Waals surface area contributed by atoms with Gasteiger partial charge >= 0.3 is 0 Å². The number of nitrogens with zero attached hydrogens (tertiary/aromatic N) is 1. The van der Waals surface area contributed by atoms with E-state index in [-0.39, 0.29) is 11.6 Å². The minimum Gasteiger partial charge on any atom is -0.493 e. The third-order valence-corrected chi connectivity index (χ3v) is 3.25. The second kappa shape index (κ2) is 9.62. The molecule has 0 unspecified atom stereocenters. The molecule has 1 N–H and O–H groups in total. The molecule has 0 bridgehead atoms. The number of nitrogens with one attached hydrogen (secondary N) is 1. The maximum atomic E-state index is 11.6. The fraction of sp³-hybridized carbons (Fsp3) is 0.533. The zero-order valence-corrected chi connectivity index (χ0v) is 13.6. The zero-order chi connectivity index (χ0) is 17.2. The summed E-state index contributed by atoms with van der Waals surface area (Å²) in [4.78, 5) is 22.3. The number of carbonyl (C=O) groups excluding carboxylic acids is 1. The van der Waals surface area contributed by atoms with Crippen molar-refractivity contribution < 1.29 is 23.9 Å². The number of nitro benzene ring substituents is 1. The van der Waals surface area contributed by atoms with Crippen LogP contribution in [0.25, 0.3) is 0 Å². The number of rotatable bonds is 10. The second-order valence-corrected chi connectivity index (χ2v) is 4.79. The first-order chi connectivity index (χ1) is 11.0. The molecule has 1 rings (SSSR count). The largest absolute Gasteiger partial charge is 0.493 e. The van der Waals surface area contributed by atoms with Crippen molar-refractivity contribution >= 4 is 11.6 Å². The van der Waals surface area contributed by atoms with Gasteiger partial charge in [-0.1, -0.05) is 0 Å². The van der Waals surface area contributed by atoms with E-state index < -0.39 is 4.92 Å². The highest BCUT2D eigenvalue weighted by molar-refractivity contribution is 5.75. The molecule has 8 heteroatoms. The van der Waals surface area contributed by atoms with Gasteiger partial charge in [0.25, 0.3) is 5.69 Å². The Morgan fingerprint density at radius 2 is 1.87 bits per heavy atom. The van der Waals surface area contributed by atoms with Crippen molar-refractivity contribution in [2.45, 2.75) is 19.3 Å². The van der Waals surface area contributed by atoms with Crippen LogP contribution in [-0.4, -0.2) is 45.3 Å². The number of hydrogen-bond donors (Lipinski definition) is 1. The van der Waals surface area contributed by atoms with Crippen LogP contribution in [-0.2, 0) is 16.0 Å². The van der Waals surface area contributed by atoms with Crippen molar-refractivity contribution in [1.82, 2.24) is 5.32 Å². The van der Waals surface area contributed by atoms with E-state index in [0.717, 1.165) is 0 Å². The predicted molar refractivity (Wildman–Crippen MR) is 84.0 cm³/mol. The Morgan fingerprint density at radius 3 is 2.43 bits per heavy atom. The van der Waals surface area contributed by atoms with Gasteiger partial charge in [-0.3, -0.25) is 14.9 Å². The second-order valence-electron chi connectivity index (χ2n) is 4.79. The van der Waals surface area contributed by atoms with Gasteiger partial charge in [-0.15, -0.1) is 0 Å². The molecular formula is C15H22N2O6. The summed E-state index contributed by atoms with van der Waals surface area (Å²) in [5.41, 5.74) is 0.418. The van der Waals surface area contributed by atoms with Gasteiger partial charge in [0.05, 0.1) is 25.2 Å². The molecule has 23 heavy (non-hydrogen) atoms. The van der Waals surface area contributed by atoms with Crippen LogP contribution < -0.4 is 14.8 Å². The lowest BCUT2D eigenvalue weighted by molar-refractivity contribution is -0.385. The number of hydrogen-bond acceptors (Lipinski definition) is 6. The van der Waals surface area contributed by atoms with Gasteiger partial charge in [0.2, 0.25) is 5.91 Å². The predicted octanol–water partition coefficient (Wildman–Crippen LogP) is 1.70. The smallest absolute Gasteiger partial charge is 0.276 e. The Hall–Kier alpha value is -2.35. The quantitative estimate of drug-likeness (QED) is 0.399. The first-order valence-corrected chi connectivity index (χ1v) is 7.18. The van der Waals surface area contributed by atoms with Gasteiger partial charge in [-0.25, -0.2) is 0 Å². The van der Waals surface area contributed by atoms with Crippen molar-refractivity contribution in [3.63, 3.8) is 0 Å². The van der Waals surface area contributed by atoms with E-state index in [9.17, 15) is 14.9 Å². The van der Waals surface area contributed by atoms with E-state index in [1.54, 1.807) is 13.2 Å². The molecular weight excluding hydrogens is 304 g/mol. The van der Waals surface area contributed by atoms with Gasteiger partial charge in [-0.2, -0.15) is 0 Å². The van der Waals surface area contributed by atoms with Crippen LogP contribution in [0.3, 0.4) is 0 Å². The average Bonchev–Trinajstić information content (AvgIpc) is 2.54. The summed E-state index contributed by atoms with van der Waals surface area (Å²) in [6.07, 6.45) is 1.33. The normalized spacial score (nSPS) is 10.2. The molecule has 0 saturated carbocycles. The van der Waals surface area contributed by atoms with Crippen molar-refractivity contribution in [2.24, 2.45) is 0 Å². The monoisotopic (exact) mass is 326 g/mol. The van der Waals surface area contributed by atoms with E-state index in [2.05, 4.69) is 5.32 Å². The summed E-state index contributed by atoms with van der Waals surface area (Å²) in [6, 6.07) is 2.89. The molecule has 0 heterocycles. The highest BCUT2D eigenvalue weighted by atomic mass is 16.6. The Balaban J connectivity index is 2.71. The first-order valence-electron chi connectivity index (χ1n) is 7.18. The van der Waals surface area contributed by atoms with Crippen molar-refractivity contribution in [3.05, 3.63) is 27.8 Å². The highest BCUT2D eigenvalue weighted by Gasteiger charge is 2.19. The molecule has 0 fully saturated rings. The molecule has 0 radical (unpaired) electrons. The van der Waals surface area contributed by atoms with Crippen molar-refractivity contribution in [3.8, 4) is 11.5 Å². The Bertz CT molecular complexity index is 547. The number of benzene rings is 1. The van der Waals surface area contributed by atoms with Gasteiger partial charge in [0, 0.05) is 32.2 Å². The number of methoxy groups -OCH3 is 3. The van der Waals surface area contributed by atoms with Crippen LogP contribution in [0.5, 0.6) is 11.5 Å². The van der Waals surface area contributed by atoms with Gasteiger partial charge < -0.3 is 19.5 Å². The van der Waals surface area contributed by atoms with Crippen LogP contribution in [0.1, 0.15) is 18.4 Å². The number of amides is 1. The molecule has 1 aromatic carbocycles. The maximum Gasteiger partial charge on any atom is 0.276 e. The van der Waals surface area contributed by atoms with Gasteiger partial charge in [0.15, 0.2) is 11.5 Å². The molecule has 0 aliphatic rings. The van der Waals surface area contributed by atoms with Gasteiger partial charge in [-0.05, 0) is 18.9 Å². The fourth-order valence-electron chi connectivity index (χ4n) is 2.08. The van der Waals surface area contributed by atoms with E-state index in [0.29, 0.717) is 49.5 Å². The van der Waals surface area contributed by atoms with Crippen LogP contribution in [0.4, 0.5) is 5.69 Å². The summed E-state index contributed by atoms with van der Waals surface area (Å²) < 4.78 is 15.1. The molecule has 1 aromatic rings. The van der Waals surface area contributed by atoms with Crippen LogP contribution in [0.2, 0.25) is 0 Å². The highest BCUT2D eigenvalue weighted by Crippen LogP contribution is 2.34. The van der Waals surface area contributed by atoms with Crippen LogP contribution in [0.15, 0.2) is 12.1 Å². The van der Waals surface area contributed by atoms with Crippen molar-refractivity contribution in [2.75, 3.05) is 34.5 Å². The van der Waals surface area contributed by atoms with E-state index in [1.165, 1.54) is 20.3 Å². The molecule has 1 amide bonds. The summed E-state index contributed by atoms with van der Waals surface area (Å²) in [5.74, 6) is 0.608.